The van der Waals surface area contributed by atoms with Gasteiger partial charge in [0.1, 0.15) is 0 Å². The van der Waals surface area contributed by atoms with Gasteiger partial charge in [-0.05, 0) is 29.4 Å². The first-order chi connectivity index (χ1) is 9.97. The van der Waals surface area contributed by atoms with Crippen LogP contribution in [0.15, 0.2) is 24.3 Å². The minimum Gasteiger partial charge on any atom is -0.353 e. The van der Waals surface area contributed by atoms with Gasteiger partial charge >= 0.3 is 6.03 Å². The van der Waals surface area contributed by atoms with E-state index in [0.717, 1.165) is 12.8 Å². The Hall–Kier alpha value is -2.08. The second-order valence-corrected chi connectivity index (χ2v) is 6.22. The molecule has 1 heterocycles. The fourth-order valence-electron chi connectivity index (χ4n) is 3.04. The lowest BCUT2D eigenvalue weighted by molar-refractivity contribution is -0.124. The molecular formula is C15H20N4O2. The normalized spacial score (nSPS) is 22.9. The number of benzene rings is 1. The van der Waals surface area contributed by atoms with Crippen LogP contribution in [-0.2, 0) is 17.6 Å². The molecule has 2 aliphatic rings. The van der Waals surface area contributed by atoms with E-state index in [0.29, 0.717) is 6.54 Å². The summed E-state index contributed by atoms with van der Waals surface area (Å²) in [6, 6.07) is 8.11. The number of carbonyl (C=O) groups excluding carboxylic acids is 2. The second kappa shape index (κ2) is 5.04. The first-order valence-corrected chi connectivity index (χ1v) is 7.12. The standard InChI is InChI=1S/C15H20N4O2/c1-15(7-10-5-3-4-6-11(10)8-15)9-16-13(20)12-17-14(21)19(2)18-12/h3-6,12,18H,7-9H2,1-2H3,(H,16,20)(H,17,21). The molecule has 0 spiro atoms. The van der Waals surface area contributed by atoms with Gasteiger partial charge in [0.15, 0.2) is 6.17 Å². The summed E-state index contributed by atoms with van der Waals surface area (Å²) in [6.07, 6.45) is 1.25. The van der Waals surface area contributed by atoms with Crippen LogP contribution >= 0.6 is 0 Å². The zero-order chi connectivity index (χ0) is 15.0. The van der Waals surface area contributed by atoms with E-state index in [1.165, 1.54) is 16.1 Å². The zero-order valence-corrected chi connectivity index (χ0v) is 12.3. The molecular weight excluding hydrogens is 268 g/mol. The van der Waals surface area contributed by atoms with Gasteiger partial charge in [0, 0.05) is 13.6 Å². The van der Waals surface area contributed by atoms with E-state index >= 15 is 0 Å². The molecule has 1 aliphatic carbocycles. The van der Waals surface area contributed by atoms with Gasteiger partial charge in [0.05, 0.1) is 0 Å². The summed E-state index contributed by atoms with van der Waals surface area (Å²) in [6.45, 7) is 2.78. The molecule has 1 saturated heterocycles. The number of nitrogens with zero attached hydrogens (tertiary/aromatic N) is 1. The highest BCUT2D eigenvalue weighted by atomic mass is 16.2. The summed E-state index contributed by atoms with van der Waals surface area (Å²) < 4.78 is 0. The van der Waals surface area contributed by atoms with E-state index in [4.69, 9.17) is 0 Å². The maximum Gasteiger partial charge on any atom is 0.333 e. The van der Waals surface area contributed by atoms with Crippen molar-refractivity contribution in [3.63, 3.8) is 0 Å². The fraction of sp³-hybridized carbons (Fsp3) is 0.467. The van der Waals surface area contributed by atoms with Crippen LogP contribution in [-0.4, -0.2) is 36.7 Å². The Morgan fingerprint density at radius 2 is 2.00 bits per heavy atom. The molecule has 21 heavy (non-hydrogen) atoms. The highest BCUT2D eigenvalue weighted by Crippen LogP contribution is 2.35. The third-order valence-electron chi connectivity index (χ3n) is 4.20. The summed E-state index contributed by atoms with van der Waals surface area (Å²) in [5.74, 6) is -0.204. The largest absolute Gasteiger partial charge is 0.353 e. The van der Waals surface area contributed by atoms with Crippen molar-refractivity contribution in [3.8, 4) is 0 Å². The van der Waals surface area contributed by atoms with Crippen LogP contribution in [0.5, 0.6) is 0 Å². The van der Waals surface area contributed by atoms with E-state index in [1.54, 1.807) is 7.05 Å². The summed E-state index contributed by atoms with van der Waals surface area (Å²) in [4.78, 5) is 23.4. The Bertz CT molecular complexity index is 562. The van der Waals surface area contributed by atoms with Gasteiger partial charge in [-0.2, -0.15) is 5.43 Å². The number of amides is 3. The number of urea groups is 1. The third-order valence-corrected chi connectivity index (χ3v) is 4.20. The lowest BCUT2D eigenvalue weighted by atomic mass is 9.87. The smallest absolute Gasteiger partial charge is 0.333 e. The zero-order valence-electron chi connectivity index (χ0n) is 12.3. The van der Waals surface area contributed by atoms with Crippen molar-refractivity contribution in [3.05, 3.63) is 35.4 Å². The van der Waals surface area contributed by atoms with E-state index in [1.807, 2.05) is 0 Å². The number of hydrazine groups is 1. The molecule has 0 bridgehead atoms. The lowest BCUT2D eigenvalue weighted by Gasteiger charge is -2.24. The molecule has 3 N–H and O–H groups in total. The van der Waals surface area contributed by atoms with Crippen LogP contribution in [0.4, 0.5) is 4.79 Å². The SMILES string of the molecule is CN1NC(C(=O)NCC2(C)Cc3ccccc3C2)NC1=O. The van der Waals surface area contributed by atoms with Crippen LogP contribution in [0.1, 0.15) is 18.1 Å². The summed E-state index contributed by atoms with van der Waals surface area (Å²) >= 11 is 0. The average molecular weight is 288 g/mol. The van der Waals surface area contributed by atoms with Crippen molar-refractivity contribution < 1.29 is 9.59 Å². The minimum absolute atomic E-state index is 0.0356. The maximum atomic E-state index is 12.1. The van der Waals surface area contributed by atoms with Crippen LogP contribution in [0.2, 0.25) is 0 Å². The number of nitrogens with one attached hydrogen (secondary N) is 3. The maximum absolute atomic E-state index is 12.1. The topological polar surface area (TPSA) is 73.5 Å². The van der Waals surface area contributed by atoms with E-state index in [2.05, 4.69) is 47.2 Å². The first kappa shape index (κ1) is 13.9. The van der Waals surface area contributed by atoms with Crippen LogP contribution in [0.25, 0.3) is 0 Å². The predicted octanol–water partition coefficient (Wildman–Crippen LogP) is 0.393. The van der Waals surface area contributed by atoms with Gasteiger partial charge in [-0.3, -0.25) is 9.80 Å². The summed E-state index contributed by atoms with van der Waals surface area (Å²) in [7, 11) is 1.58. The highest BCUT2D eigenvalue weighted by Gasteiger charge is 2.35. The Morgan fingerprint density at radius 3 is 2.52 bits per heavy atom. The fourth-order valence-corrected chi connectivity index (χ4v) is 3.04. The monoisotopic (exact) mass is 288 g/mol. The minimum atomic E-state index is -0.685. The number of fused-ring (bicyclic) bond motifs is 1. The molecule has 1 aromatic rings. The molecule has 6 nitrogen and oxygen atoms in total. The first-order valence-electron chi connectivity index (χ1n) is 7.12. The molecule has 1 aliphatic heterocycles. The molecule has 0 radical (unpaired) electrons. The van der Waals surface area contributed by atoms with Crippen LogP contribution in [0, 0.1) is 5.41 Å². The van der Waals surface area contributed by atoms with Gasteiger partial charge in [-0.15, -0.1) is 0 Å². The van der Waals surface area contributed by atoms with Gasteiger partial charge in [-0.25, -0.2) is 4.79 Å². The van der Waals surface area contributed by atoms with Crippen molar-refractivity contribution in [1.82, 2.24) is 21.1 Å². The van der Waals surface area contributed by atoms with Crippen LogP contribution < -0.4 is 16.1 Å². The number of hydrogen-bond donors (Lipinski definition) is 3. The molecule has 6 heteroatoms. The molecule has 1 unspecified atom stereocenters. The van der Waals surface area contributed by atoms with Crippen LogP contribution in [0.3, 0.4) is 0 Å². The molecule has 3 amide bonds. The van der Waals surface area contributed by atoms with Crippen molar-refractivity contribution in [1.29, 1.82) is 0 Å². The van der Waals surface area contributed by atoms with Gasteiger partial charge in [0.25, 0.3) is 5.91 Å². The summed E-state index contributed by atoms with van der Waals surface area (Å²) in [5, 5.41) is 6.79. The quantitative estimate of drug-likeness (QED) is 0.753. The Kier molecular flexibility index (Phi) is 3.33. The molecule has 3 rings (SSSR count). The number of carbonyl (C=O) groups is 2. The Morgan fingerprint density at radius 1 is 1.38 bits per heavy atom. The number of rotatable bonds is 3. The second-order valence-electron chi connectivity index (χ2n) is 6.22. The molecule has 1 fully saturated rings. The average Bonchev–Trinajstić information content (AvgIpc) is 2.96. The number of hydrogen-bond acceptors (Lipinski definition) is 3. The van der Waals surface area contributed by atoms with E-state index < -0.39 is 6.17 Å². The molecule has 0 saturated carbocycles. The van der Waals surface area contributed by atoms with Crippen molar-refractivity contribution >= 4 is 11.9 Å². The lowest BCUT2D eigenvalue weighted by Crippen LogP contribution is -2.50. The molecule has 0 aromatic heterocycles. The Labute approximate surface area is 123 Å². The molecule has 1 atom stereocenters. The third kappa shape index (κ3) is 2.71. The van der Waals surface area contributed by atoms with Gasteiger partial charge < -0.3 is 10.6 Å². The van der Waals surface area contributed by atoms with E-state index in [9.17, 15) is 9.59 Å². The predicted molar refractivity (Wildman–Crippen MR) is 78.2 cm³/mol. The van der Waals surface area contributed by atoms with E-state index in [-0.39, 0.29) is 17.4 Å². The van der Waals surface area contributed by atoms with Crippen molar-refractivity contribution in [2.45, 2.75) is 25.9 Å². The van der Waals surface area contributed by atoms with Crippen molar-refractivity contribution in [2.24, 2.45) is 5.41 Å². The van der Waals surface area contributed by atoms with Gasteiger partial charge in [0.2, 0.25) is 0 Å². The van der Waals surface area contributed by atoms with Gasteiger partial charge in [-0.1, -0.05) is 31.2 Å². The molecule has 112 valence electrons. The summed E-state index contributed by atoms with van der Waals surface area (Å²) in [5.41, 5.74) is 5.53. The molecule has 1 aromatic carbocycles. The Balaban J connectivity index is 1.57. The van der Waals surface area contributed by atoms with Crippen molar-refractivity contribution in [2.75, 3.05) is 13.6 Å². The highest BCUT2D eigenvalue weighted by molar-refractivity contribution is 5.88.